The second-order valence-electron chi connectivity index (χ2n) is 5.97. The summed E-state index contributed by atoms with van der Waals surface area (Å²) in [7, 11) is 0. The fourth-order valence-electron chi connectivity index (χ4n) is 2.30. The van der Waals surface area contributed by atoms with Crippen LogP contribution >= 0.6 is 11.8 Å². The van der Waals surface area contributed by atoms with E-state index in [1.54, 1.807) is 0 Å². The SMILES string of the molecule is CC(C)c1ccc(NC(=O)[C@@H](C)Sc2nc3ccccc3o2)cc1. The first kappa shape index (κ1) is 16.6. The van der Waals surface area contributed by atoms with Crippen molar-refractivity contribution in [2.45, 2.75) is 37.2 Å². The van der Waals surface area contributed by atoms with Crippen LogP contribution in [-0.4, -0.2) is 16.1 Å². The van der Waals surface area contributed by atoms with Crippen molar-refractivity contribution in [3.63, 3.8) is 0 Å². The summed E-state index contributed by atoms with van der Waals surface area (Å²) in [5.41, 5.74) is 3.59. The minimum Gasteiger partial charge on any atom is -0.431 e. The Bertz CT molecular complexity index is 807. The number of fused-ring (bicyclic) bond motifs is 1. The maximum absolute atomic E-state index is 12.3. The van der Waals surface area contributed by atoms with Gasteiger partial charge in [0, 0.05) is 5.69 Å². The Kier molecular flexibility index (Phi) is 4.90. The van der Waals surface area contributed by atoms with Crippen molar-refractivity contribution in [2.24, 2.45) is 0 Å². The molecule has 0 fully saturated rings. The summed E-state index contributed by atoms with van der Waals surface area (Å²) in [6, 6.07) is 15.5. The highest BCUT2D eigenvalue weighted by molar-refractivity contribution is 8.00. The molecule has 24 heavy (non-hydrogen) atoms. The Hall–Kier alpha value is -2.27. The van der Waals surface area contributed by atoms with Crippen LogP contribution in [0.25, 0.3) is 11.1 Å². The lowest BCUT2D eigenvalue weighted by Crippen LogP contribution is -2.22. The first-order valence-corrected chi connectivity index (χ1v) is 8.84. The zero-order valence-corrected chi connectivity index (χ0v) is 14.8. The van der Waals surface area contributed by atoms with Crippen molar-refractivity contribution in [1.29, 1.82) is 0 Å². The Balaban J connectivity index is 1.63. The van der Waals surface area contributed by atoms with Gasteiger partial charge in [-0.1, -0.05) is 49.9 Å². The summed E-state index contributed by atoms with van der Waals surface area (Å²) in [6.45, 7) is 6.14. The summed E-state index contributed by atoms with van der Waals surface area (Å²) in [6.07, 6.45) is 0. The van der Waals surface area contributed by atoms with Gasteiger partial charge in [-0.25, -0.2) is 4.98 Å². The van der Waals surface area contributed by atoms with Crippen LogP contribution in [0.4, 0.5) is 5.69 Å². The number of hydrogen-bond acceptors (Lipinski definition) is 4. The fraction of sp³-hybridized carbons (Fsp3) is 0.263. The van der Waals surface area contributed by atoms with E-state index in [4.69, 9.17) is 4.42 Å². The third-order valence-corrected chi connectivity index (χ3v) is 4.71. The molecule has 1 heterocycles. The molecule has 0 saturated heterocycles. The van der Waals surface area contributed by atoms with E-state index >= 15 is 0 Å². The number of benzene rings is 2. The molecule has 0 aliphatic carbocycles. The van der Waals surface area contributed by atoms with Crippen LogP contribution in [0.2, 0.25) is 0 Å². The first-order valence-electron chi connectivity index (χ1n) is 7.96. The minimum absolute atomic E-state index is 0.0699. The highest BCUT2D eigenvalue weighted by Crippen LogP contribution is 2.27. The topological polar surface area (TPSA) is 55.1 Å². The highest BCUT2D eigenvalue weighted by Gasteiger charge is 2.18. The number of para-hydroxylation sites is 2. The molecule has 0 spiro atoms. The van der Waals surface area contributed by atoms with Crippen LogP contribution < -0.4 is 5.32 Å². The zero-order chi connectivity index (χ0) is 17.1. The molecule has 0 aliphatic rings. The third kappa shape index (κ3) is 3.79. The van der Waals surface area contributed by atoms with E-state index in [1.807, 2.05) is 55.5 Å². The predicted octanol–water partition coefficient (Wildman–Crippen LogP) is 5.07. The van der Waals surface area contributed by atoms with E-state index in [-0.39, 0.29) is 11.2 Å². The van der Waals surface area contributed by atoms with Crippen molar-refractivity contribution in [3.05, 3.63) is 54.1 Å². The number of carbonyl (C=O) groups is 1. The molecule has 0 aliphatic heterocycles. The molecule has 3 aromatic rings. The average molecular weight is 340 g/mol. The largest absolute Gasteiger partial charge is 0.431 e. The molecule has 1 N–H and O–H groups in total. The van der Waals surface area contributed by atoms with E-state index in [2.05, 4.69) is 24.1 Å². The van der Waals surface area contributed by atoms with Gasteiger partial charge in [0.05, 0.1) is 5.25 Å². The number of amides is 1. The molecule has 1 amide bonds. The molecule has 4 nitrogen and oxygen atoms in total. The smallest absolute Gasteiger partial charge is 0.257 e. The minimum atomic E-state index is -0.303. The lowest BCUT2D eigenvalue weighted by molar-refractivity contribution is -0.115. The number of nitrogens with one attached hydrogen (secondary N) is 1. The lowest BCUT2D eigenvalue weighted by atomic mass is 10.0. The van der Waals surface area contributed by atoms with E-state index in [0.717, 1.165) is 16.8 Å². The van der Waals surface area contributed by atoms with Crippen LogP contribution in [0, 0.1) is 0 Å². The number of carbonyl (C=O) groups excluding carboxylic acids is 1. The number of anilines is 1. The fourth-order valence-corrected chi connectivity index (χ4v) is 3.06. The second kappa shape index (κ2) is 7.09. The Morgan fingerprint density at radius 1 is 1.08 bits per heavy atom. The molecule has 124 valence electrons. The quantitative estimate of drug-likeness (QED) is 0.659. The van der Waals surface area contributed by atoms with Gasteiger partial charge in [-0.2, -0.15) is 0 Å². The van der Waals surface area contributed by atoms with Crippen LogP contribution in [-0.2, 0) is 4.79 Å². The van der Waals surface area contributed by atoms with Crippen LogP contribution in [0.3, 0.4) is 0 Å². The Labute approximate surface area is 145 Å². The molecule has 0 unspecified atom stereocenters. The van der Waals surface area contributed by atoms with Crippen molar-refractivity contribution in [1.82, 2.24) is 4.98 Å². The number of aromatic nitrogens is 1. The van der Waals surface area contributed by atoms with Crippen molar-refractivity contribution in [2.75, 3.05) is 5.32 Å². The molecule has 0 bridgehead atoms. The van der Waals surface area contributed by atoms with Crippen molar-refractivity contribution >= 4 is 34.5 Å². The summed E-state index contributed by atoms with van der Waals surface area (Å²) in [4.78, 5) is 16.7. The summed E-state index contributed by atoms with van der Waals surface area (Å²) in [5.74, 6) is 0.406. The predicted molar refractivity (Wildman–Crippen MR) is 98.5 cm³/mol. The number of nitrogens with zero attached hydrogens (tertiary/aromatic N) is 1. The van der Waals surface area contributed by atoms with Gasteiger partial charge in [0.1, 0.15) is 5.52 Å². The molecule has 2 aromatic carbocycles. The maximum atomic E-state index is 12.3. The third-order valence-electron chi connectivity index (χ3n) is 3.77. The van der Waals surface area contributed by atoms with Crippen LogP contribution in [0.5, 0.6) is 0 Å². The Morgan fingerprint density at radius 3 is 2.46 bits per heavy atom. The van der Waals surface area contributed by atoms with Gasteiger partial charge in [0.2, 0.25) is 5.91 Å². The number of thioether (sulfide) groups is 1. The van der Waals surface area contributed by atoms with Gasteiger partial charge in [0.25, 0.3) is 5.22 Å². The Morgan fingerprint density at radius 2 is 1.79 bits per heavy atom. The van der Waals surface area contributed by atoms with E-state index in [1.165, 1.54) is 17.3 Å². The molecule has 0 radical (unpaired) electrons. The van der Waals surface area contributed by atoms with Crippen molar-refractivity contribution in [3.8, 4) is 0 Å². The van der Waals surface area contributed by atoms with Gasteiger partial charge >= 0.3 is 0 Å². The van der Waals surface area contributed by atoms with Crippen LogP contribution in [0.1, 0.15) is 32.3 Å². The maximum Gasteiger partial charge on any atom is 0.257 e. The molecule has 5 heteroatoms. The molecule has 1 aromatic heterocycles. The van der Waals surface area contributed by atoms with Gasteiger partial charge in [0.15, 0.2) is 5.58 Å². The summed E-state index contributed by atoms with van der Waals surface area (Å²) < 4.78 is 5.65. The van der Waals surface area contributed by atoms with Crippen molar-refractivity contribution < 1.29 is 9.21 Å². The number of hydrogen-bond donors (Lipinski definition) is 1. The molecule has 0 saturated carbocycles. The normalized spacial score (nSPS) is 12.5. The average Bonchev–Trinajstić information content (AvgIpc) is 2.97. The number of oxazole rings is 1. The van der Waals surface area contributed by atoms with Gasteiger partial charge in [-0.3, -0.25) is 4.79 Å². The second-order valence-corrected chi connectivity index (χ2v) is 7.27. The molecular formula is C19H20N2O2S. The van der Waals surface area contributed by atoms with E-state index in [9.17, 15) is 4.79 Å². The van der Waals surface area contributed by atoms with Crippen LogP contribution in [0.15, 0.2) is 58.2 Å². The van der Waals surface area contributed by atoms with E-state index in [0.29, 0.717) is 11.1 Å². The summed E-state index contributed by atoms with van der Waals surface area (Å²) >= 11 is 1.31. The van der Waals surface area contributed by atoms with Gasteiger partial charge in [-0.05, 0) is 42.7 Å². The highest BCUT2D eigenvalue weighted by atomic mass is 32.2. The molecular weight excluding hydrogens is 320 g/mol. The first-order chi connectivity index (χ1) is 11.5. The zero-order valence-electron chi connectivity index (χ0n) is 13.9. The lowest BCUT2D eigenvalue weighted by Gasteiger charge is -2.11. The molecule has 3 rings (SSSR count). The van der Waals surface area contributed by atoms with E-state index < -0.39 is 0 Å². The summed E-state index contributed by atoms with van der Waals surface area (Å²) in [5, 5.41) is 3.14. The standard InChI is InChI=1S/C19H20N2O2S/c1-12(2)14-8-10-15(11-9-14)20-18(22)13(3)24-19-21-16-6-4-5-7-17(16)23-19/h4-13H,1-3H3,(H,20,22)/t13-/m1/s1. The van der Waals surface area contributed by atoms with Gasteiger partial charge in [-0.15, -0.1) is 0 Å². The molecule has 1 atom stereocenters. The number of rotatable bonds is 5. The van der Waals surface area contributed by atoms with Gasteiger partial charge < -0.3 is 9.73 Å². The monoisotopic (exact) mass is 340 g/mol.